The van der Waals surface area contributed by atoms with E-state index in [1.807, 2.05) is 24.3 Å². The van der Waals surface area contributed by atoms with E-state index in [-0.39, 0.29) is 0 Å². The van der Waals surface area contributed by atoms with Crippen LogP contribution < -0.4 is 0 Å². The fourth-order valence-electron chi connectivity index (χ4n) is 4.77. The lowest BCUT2D eigenvalue weighted by Gasteiger charge is -2.24. The number of aryl methyl sites for hydroxylation is 2. The molecule has 1 saturated carbocycles. The monoisotopic (exact) mass is 906 g/mol. The molecule has 3 aromatic carbocycles. The van der Waals surface area contributed by atoms with Crippen molar-refractivity contribution in [2.75, 3.05) is 0 Å². The molecule has 0 amide bonds. The Labute approximate surface area is 255 Å². The van der Waals surface area contributed by atoms with Crippen LogP contribution in [-0.2, 0) is 19.3 Å². The minimum absolute atomic E-state index is 0.323. The van der Waals surface area contributed by atoms with Crippen LogP contribution in [0.4, 0.5) is 0 Å². The lowest BCUT2D eigenvalue weighted by Crippen LogP contribution is -2.07. The van der Waals surface area contributed by atoms with Gasteiger partial charge in [0.2, 0.25) is 0 Å². The van der Waals surface area contributed by atoms with Crippen molar-refractivity contribution in [3.05, 3.63) is 78.5 Å². The highest BCUT2D eigenvalue weighted by Gasteiger charge is 2.20. The molecule has 1 aliphatic rings. The van der Waals surface area contributed by atoms with Gasteiger partial charge in [-0.1, -0.05) is 31.4 Å². The molecule has 4 rings (SSSR count). The number of halogens is 4. The molecule has 0 radical (unpaired) electrons. The van der Waals surface area contributed by atoms with Crippen LogP contribution in [0.5, 0.6) is 17.2 Å². The molecule has 0 bridgehead atoms. The smallest absolute Gasteiger partial charge is 0.142 e. The van der Waals surface area contributed by atoms with Gasteiger partial charge in [0.1, 0.15) is 17.2 Å². The molecule has 0 saturated heterocycles. The molecule has 3 N–H and O–H groups in total. The van der Waals surface area contributed by atoms with E-state index in [1.54, 1.807) is 0 Å². The Balaban J connectivity index is 1.67. The van der Waals surface area contributed by atoms with E-state index in [4.69, 9.17) is 0 Å². The molecule has 7 heteroatoms. The van der Waals surface area contributed by atoms with Gasteiger partial charge in [0.05, 0.1) is 14.3 Å². The van der Waals surface area contributed by atoms with Gasteiger partial charge in [0, 0.05) is 6.42 Å². The van der Waals surface area contributed by atoms with Crippen LogP contribution in [0.2, 0.25) is 0 Å². The zero-order valence-electron chi connectivity index (χ0n) is 18.6. The molecule has 34 heavy (non-hydrogen) atoms. The lowest BCUT2D eigenvalue weighted by atomic mass is 9.82. The van der Waals surface area contributed by atoms with Crippen LogP contribution in [0.1, 0.15) is 65.8 Å². The standard InChI is InChI=1S/C27H26I4O3/c28-21-9-15(10-22(29)26(21)33)6-7-18-13-19(17-4-2-1-3-5-17)14-20(25(18)32)8-16-11-23(30)27(34)24(31)12-16/h9-14,17,32-34H,1-8H2. The van der Waals surface area contributed by atoms with Gasteiger partial charge in [-0.25, -0.2) is 0 Å². The predicted octanol–water partition coefficient (Wildman–Crippen LogP) is 8.65. The molecule has 0 aliphatic heterocycles. The highest BCUT2D eigenvalue weighted by molar-refractivity contribution is 14.1. The summed E-state index contributed by atoms with van der Waals surface area (Å²) in [7, 11) is 0. The van der Waals surface area contributed by atoms with Crippen molar-refractivity contribution in [2.45, 2.75) is 57.3 Å². The van der Waals surface area contributed by atoms with E-state index in [0.717, 1.165) is 43.8 Å². The van der Waals surface area contributed by atoms with Crippen molar-refractivity contribution in [1.29, 1.82) is 0 Å². The molecular formula is C27H26I4O3. The molecule has 180 valence electrons. The normalized spacial score (nSPS) is 14.5. The van der Waals surface area contributed by atoms with Gasteiger partial charge in [0.15, 0.2) is 0 Å². The van der Waals surface area contributed by atoms with E-state index in [1.165, 1.54) is 43.2 Å². The van der Waals surface area contributed by atoms with Gasteiger partial charge in [-0.3, -0.25) is 0 Å². The summed E-state index contributed by atoms with van der Waals surface area (Å²) in [6.45, 7) is 0. The third-order valence-electron chi connectivity index (χ3n) is 6.60. The van der Waals surface area contributed by atoms with Crippen LogP contribution in [0.25, 0.3) is 0 Å². The molecular weight excluding hydrogens is 880 g/mol. The topological polar surface area (TPSA) is 60.7 Å². The Morgan fingerprint density at radius 3 is 1.65 bits per heavy atom. The van der Waals surface area contributed by atoms with Crippen LogP contribution in [0.3, 0.4) is 0 Å². The second kappa shape index (κ2) is 12.0. The van der Waals surface area contributed by atoms with E-state index in [2.05, 4.69) is 102 Å². The summed E-state index contributed by atoms with van der Waals surface area (Å²) < 4.78 is 3.38. The summed E-state index contributed by atoms with van der Waals surface area (Å²) in [5, 5.41) is 31.6. The van der Waals surface area contributed by atoms with E-state index in [9.17, 15) is 15.3 Å². The molecule has 3 aromatic rings. The maximum Gasteiger partial charge on any atom is 0.142 e. The third-order valence-corrected chi connectivity index (χ3v) is 9.89. The van der Waals surface area contributed by atoms with E-state index in [0.29, 0.717) is 29.6 Å². The number of phenols is 3. The summed E-state index contributed by atoms with van der Waals surface area (Å²) >= 11 is 8.68. The largest absolute Gasteiger partial charge is 0.507 e. The number of hydrogen-bond acceptors (Lipinski definition) is 3. The molecule has 0 heterocycles. The van der Waals surface area contributed by atoms with Gasteiger partial charge in [-0.2, -0.15) is 0 Å². The fraction of sp³-hybridized carbons (Fsp3) is 0.333. The lowest BCUT2D eigenvalue weighted by molar-refractivity contribution is 0.439. The zero-order valence-corrected chi connectivity index (χ0v) is 27.2. The van der Waals surface area contributed by atoms with Crippen LogP contribution >= 0.6 is 90.4 Å². The van der Waals surface area contributed by atoms with Crippen LogP contribution in [0.15, 0.2) is 36.4 Å². The van der Waals surface area contributed by atoms with Gasteiger partial charge < -0.3 is 15.3 Å². The van der Waals surface area contributed by atoms with Crippen molar-refractivity contribution in [1.82, 2.24) is 0 Å². The summed E-state index contributed by atoms with van der Waals surface area (Å²) in [5.41, 5.74) is 5.57. The van der Waals surface area contributed by atoms with Crippen molar-refractivity contribution in [3.8, 4) is 17.2 Å². The Morgan fingerprint density at radius 1 is 0.588 bits per heavy atom. The quantitative estimate of drug-likeness (QED) is 0.217. The Kier molecular flexibility index (Phi) is 9.55. The van der Waals surface area contributed by atoms with Crippen molar-refractivity contribution in [2.24, 2.45) is 0 Å². The molecule has 3 nitrogen and oxygen atoms in total. The maximum absolute atomic E-state index is 11.3. The van der Waals surface area contributed by atoms with Crippen molar-refractivity contribution >= 4 is 90.4 Å². The maximum atomic E-state index is 11.3. The molecule has 0 unspecified atom stereocenters. The first-order chi connectivity index (χ1) is 16.2. The molecule has 1 aliphatic carbocycles. The Hall–Kier alpha value is -0.0200. The Morgan fingerprint density at radius 2 is 1.09 bits per heavy atom. The number of phenolic OH excluding ortho intramolecular Hbond substituents is 3. The SMILES string of the molecule is Oc1c(I)cc(CCc2cc(C3CCCCC3)cc(Cc3cc(I)c(O)c(I)c3)c2O)cc1I. The fourth-order valence-corrected chi connectivity index (χ4v) is 8.56. The second-order valence-corrected chi connectivity index (χ2v) is 13.7. The minimum Gasteiger partial charge on any atom is -0.507 e. The van der Waals surface area contributed by atoms with Crippen molar-refractivity contribution < 1.29 is 15.3 Å². The van der Waals surface area contributed by atoms with E-state index >= 15 is 0 Å². The molecule has 0 aromatic heterocycles. The molecule has 0 atom stereocenters. The minimum atomic E-state index is 0.323. The average molecular weight is 906 g/mol. The van der Waals surface area contributed by atoms with Crippen LogP contribution in [0, 0.1) is 14.3 Å². The van der Waals surface area contributed by atoms with Gasteiger partial charge in [-0.15, -0.1) is 0 Å². The number of hydrogen-bond donors (Lipinski definition) is 3. The predicted molar refractivity (Wildman–Crippen MR) is 171 cm³/mol. The third kappa shape index (κ3) is 6.45. The summed E-state index contributed by atoms with van der Waals surface area (Å²) in [5.74, 6) is 1.61. The first-order valence-electron chi connectivity index (χ1n) is 11.4. The first kappa shape index (κ1) is 27.0. The van der Waals surface area contributed by atoms with Gasteiger partial charge in [0.25, 0.3) is 0 Å². The molecule has 0 spiro atoms. The van der Waals surface area contributed by atoms with Gasteiger partial charge >= 0.3 is 0 Å². The van der Waals surface area contributed by atoms with Crippen molar-refractivity contribution in [3.63, 3.8) is 0 Å². The number of aromatic hydroxyl groups is 3. The van der Waals surface area contributed by atoms with Gasteiger partial charge in [-0.05, 0) is 174 Å². The highest BCUT2D eigenvalue weighted by atomic mass is 127. The molecule has 1 fully saturated rings. The zero-order chi connectivity index (χ0) is 24.4. The summed E-state index contributed by atoms with van der Waals surface area (Å²) in [6.07, 6.45) is 8.49. The van der Waals surface area contributed by atoms with E-state index < -0.39 is 0 Å². The summed E-state index contributed by atoms with van der Waals surface area (Å²) in [6, 6.07) is 12.5. The second-order valence-electron chi connectivity index (χ2n) is 9.02. The summed E-state index contributed by atoms with van der Waals surface area (Å²) in [4.78, 5) is 0. The number of benzene rings is 3. The highest BCUT2D eigenvalue weighted by Crippen LogP contribution is 2.38. The first-order valence-corrected chi connectivity index (χ1v) is 15.7. The average Bonchev–Trinajstić information content (AvgIpc) is 2.81. The van der Waals surface area contributed by atoms with Crippen LogP contribution in [-0.4, -0.2) is 15.3 Å². The Bertz CT molecular complexity index is 1160. The number of rotatable bonds is 6.